The molecule has 0 bridgehead atoms. The first kappa shape index (κ1) is 19.2. The lowest BCUT2D eigenvalue weighted by Crippen LogP contribution is -2.22. The molecule has 0 atom stereocenters. The minimum absolute atomic E-state index is 0. The number of hydrogen-bond donors (Lipinski definition) is 2. The molecule has 0 fully saturated rings. The van der Waals surface area contributed by atoms with Gasteiger partial charge in [0, 0.05) is 16.3 Å². The number of aliphatic imine (C=N–C) groups is 1. The van der Waals surface area contributed by atoms with Gasteiger partial charge in [0.15, 0.2) is 5.96 Å². The molecule has 25 heavy (non-hydrogen) atoms. The predicted octanol–water partition coefficient (Wildman–Crippen LogP) is 4.24. The van der Waals surface area contributed by atoms with E-state index in [0.717, 1.165) is 16.8 Å². The number of aromatic nitrogens is 2. The van der Waals surface area contributed by atoms with Gasteiger partial charge >= 0.3 is 0 Å². The van der Waals surface area contributed by atoms with Crippen molar-refractivity contribution in [2.75, 3.05) is 5.32 Å². The molecule has 0 radical (unpaired) electrons. The lowest BCUT2D eigenvalue weighted by Gasteiger charge is -2.05. The predicted molar refractivity (Wildman–Crippen MR) is 110 cm³/mol. The SMILES string of the molecule is Cc1cccc(NC(N)=NCc2nc(-c3cccc(Cl)c3)no2)c1.I. The van der Waals surface area contributed by atoms with Crippen molar-refractivity contribution < 1.29 is 4.52 Å². The van der Waals surface area contributed by atoms with Gasteiger partial charge < -0.3 is 15.6 Å². The Kier molecular flexibility index (Phi) is 6.77. The fourth-order valence-corrected chi connectivity index (χ4v) is 2.32. The molecule has 8 heteroatoms. The molecule has 0 aliphatic rings. The summed E-state index contributed by atoms with van der Waals surface area (Å²) in [6.07, 6.45) is 0. The Labute approximate surface area is 167 Å². The summed E-state index contributed by atoms with van der Waals surface area (Å²) in [5.41, 5.74) is 8.67. The normalized spacial score (nSPS) is 11.0. The van der Waals surface area contributed by atoms with Crippen LogP contribution in [0.5, 0.6) is 0 Å². The van der Waals surface area contributed by atoms with Crippen LogP contribution < -0.4 is 11.1 Å². The Morgan fingerprint density at radius 1 is 1.24 bits per heavy atom. The second kappa shape index (κ2) is 8.82. The van der Waals surface area contributed by atoms with E-state index in [1.165, 1.54) is 0 Å². The van der Waals surface area contributed by atoms with Crippen molar-refractivity contribution in [3.8, 4) is 11.4 Å². The van der Waals surface area contributed by atoms with Gasteiger partial charge in [0.2, 0.25) is 11.7 Å². The van der Waals surface area contributed by atoms with E-state index >= 15 is 0 Å². The van der Waals surface area contributed by atoms with Crippen LogP contribution in [0.3, 0.4) is 0 Å². The van der Waals surface area contributed by atoms with E-state index in [9.17, 15) is 0 Å². The van der Waals surface area contributed by atoms with Gasteiger partial charge in [-0.15, -0.1) is 24.0 Å². The zero-order valence-electron chi connectivity index (χ0n) is 13.4. The molecule has 2 aromatic carbocycles. The maximum Gasteiger partial charge on any atom is 0.248 e. The first-order valence-corrected chi connectivity index (χ1v) is 7.70. The number of halogens is 2. The third-order valence-electron chi connectivity index (χ3n) is 3.23. The Bertz CT molecular complexity index is 881. The number of anilines is 1. The summed E-state index contributed by atoms with van der Waals surface area (Å²) < 4.78 is 5.18. The van der Waals surface area contributed by atoms with Crippen molar-refractivity contribution in [3.63, 3.8) is 0 Å². The first-order valence-electron chi connectivity index (χ1n) is 7.32. The van der Waals surface area contributed by atoms with Gasteiger partial charge in [0.05, 0.1) is 0 Å². The molecular formula is C17H17ClIN5O. The van der Waals surface area contributed by atoms with E-state index in [0.29, 0.717) is 16.7 Å². The molecule has 0 spiro atoms. The Balaban J connectivity index is 0.00000225. The molecular weight excluding hydrogens is 453 g/mol. The van der Waals surface area contributed by atoms with Crippen molar-refractivity contribution in [1.29, 1.82) is 0 Å². The number of nitrogens with zero attached hydrogens (tertiary/aromatic N) is 3. The highest BCUT2D eigenvalue weighted by Crippen LogP contribution is 2.20. The van der Waals surface area contributed by atoms with E-state index in [4.69, 9.17) is 21.9 Å². The number of hydrogen-bond acceptors (Lipinski definition) is 4. The summed E-state index contributed by atoms with van der Waals surface area (Å²) in [4.78, 5) is 8.49. The Morgan fingerprint density at radius 2 is 2.04 bits per heavy atom. The fraction of sp³-hybridized carbons (Fsp3) is 0.118. The van der Waals surface area contributed by atoms with Gasteiger partial charge in [-0.1, -0.05) is 41.0 Å². The van der Waals surface area contributed by atoms with Gasteiger partial charge in [-0.25, -0.2) is 4.99 Å². The highest BCUT2D eigenvalue weighted by Gasteiger charge is 2.08. The van der Waals surface area contributed by atoms with Crippen LogP contribution >= 0.6 is 35.6 Å². The molecule has 3 rings (SSSR count). The summed E-state index contributed by atoms with van der Waals surface area (Å²) in [5, 5.41) is 7.56. The Hall–Kier alpha value is -2.13. The molecule has 1 aromatic heterocycles. The van der Waals surface area contributed by atoms with Crippen molar-refractivity contribution >= 4 is 47.2 Å². The van der Waals surface area contributed by atoms with E-state index in [1.54, 1.807) is 12.1 Å². The average Bonchev–Trinajstić information content (AvgIpc) is 3.02. The zero-order valence-corrected chi connectivity index (χ0v) is 16.5. The zero-order chi connectivity index (χ0) is 16.9. The van der Waals surface area contributed by atoms with Gasteiger partial charge in [-0.05, 0) is 36.8 Å². The van der Waals surface area contributed by atoms with Gasteiger partial charge in [-0.2, -0.15) is 4.98 Å². The van der Waals surface area contributed by atoms with Crippen molar-refractivity contribution in [2.45, 2.75) is 13.5 Å². The van der Waals surface area contributed by atoms with Crippen LogP contribution in [0.25, 0.3) is 11.4 Å². The Morgan fingerprint density at radius 3 is 2.80 bits per heavy atom. The van der Waals surface area contributed by atoms with E-state index < -0.39 is 0 Å². The van der Waals surface area contributed by atoms with Crippen LogP contribution in [0.15, 0.2) is 58.0 Å². The van der Waals surface area contributed by atoms with Gasteiger partial charge in [0.25, 0.3) is 0 Å². The molecule has 0 aliphatic heterocycles. The summed E-state index contributed by atoms with van der Waals surface area (Å²) in [6.45, 7) is 2.20. The molecule has 6 nitrogen and oxygen atoms in total. The van der Waals surface area contributed by atoms with Crippen LogP contribution in [0.4, 0.5) is 5.69 Å². The highest BCUT2D eigenvalue weighted by atomic mass is 127. The average molecular weight is 470 g/mol. The van der Waals surface area contributed by atoms with Crippen molar-refractivity contribution in [3.05, 3.63) is 65.0 Å². The van der Waals surface area contributed by atoms with Crippen LogP contribution in [-0.4, -0.2) is 16.1 Å². The van der Waals surface area contributed by atoms with Crippen LogP contribution in [-0.2, 0) is 6.54 Å². The third kappa shape index (κ3) is 5.43. The van der Waals surface area contributed by atoms with Gasteiger partial charge in [-0.3, -0.25) is 0 Å². The number of aryl methyl sites for hydroxylation is 1. The summed E-state index contributed by atoms with van der Waals surface area (Å²) in [6, 6.07) is 15.1. The number of benzene rings is 2. The first-order chi connectivity index (χ1) is 11.6. The standard InChI is InChI=1S/C17H16ClN5O.HI/c1-11-4-2-7-14(8-11)21-17(19)20-10-15-22-16(23-24-15)12-5-3-6-13(18)9-12;/h2-9H,10H2,1H3,(H3,19,20,21);1H. The summed E-state index contributed by atoms with van der Waals surface area (Å²) in [5.74, 6) is 1.12. The maximum absolute atomic E-state index is 5.96. The highest BCUT2D eigenvalue weighted by molar-refractivity contribution is 14.0. The maximum atomic E-state index is 5.96. The van der Waals surface area contributed by atoms with E-state index in [1.807, 2.05) is 43.3 Å². The van der Waals surface area contributed by atoms with E-state index in [-0.39, 0.29) is 36.5 Å². The molecule has 0 unspecified atom stereocenters. The topological polar surface area (TPSA) is 89.3 Å². The lowest BCUT2D eigenvalue weighted by atomic mass is 10.2. The van der Waals surface area contributed by atoms with Crippen LogP contribution in [0, 0.1) is 6.92 Å². The molecule has 0 saturated heterocycles. The summed E-state index contributed by atoms with van der Waals surface area (Å²) in [7, 11) is 0. The van der Waals surface area contributed by atoms with Crippen molar-refractivity contribution in [2.24, 2.45) is 10.7 Å². The third-order valence-corrected chi connectivity index (χ3v) is 3.46. The quantitative estimate of drug-likeness (QED) is 0.339. The molecule has 3 aromatic rings. The number of nitrogens with one attached hydrogen (secondary N) is 1. The lowest BCUT2D eigenvalue weighted by molar-refractivity contribution is 0.381. The minimum atomic E-state index is 0. The van der Waals surface area contributed by atoms with Crippen molar-refractivity contribution in [1.82, 2.24) is 10.1 Å². The van der Waals surface area contributed by atoms with Gasteiger partial charge in [0.1, 0.15) is 6.54 Å². The summed E-state index contributed by atoms with van der Waals surface area (Å²) >= 11 is 5.96. The number of guanidine groups is 1. The van der Waals surface area contributed by atoms with Crippen LogP contribution in [0.2, 0.25) is 5.02 Å². The molecule has 0 aliphatic carbocycles. The smallest absolute Gasteiger partial charge is 0.248 e. The fourth-order valence-electron chi connectivity index (χ4n) is 2.13. The largest absolute Gasteiger partial charge is 0.370 e. The monoisotopic (exact) mass is 469 g/mol. The molecule has 0 saturated carbocycles. The second-order valence-electron chi connectivity index (χ2n) is 5.22. The van der Waals surface area contributed by atoms with Crippen LogP contribution in [0.1, 0.15) is 11.5 Å². The molecule has 130 valence electrons. The minimum Gasteiger partial charge on any atom is -0.370 e. The van der Waals surface area contributed by atoms with E-state index in [2.05, 4.69) is 20.4 Å². The molecule has 1 heterocycles. The molecule has 0 amide bonds. The second-order valence-corrected chi connectivity index (χ2v) is 5.65. The number of nitrogens with two attached hydrogens (primary N) is 1. The molecule has 3 N–H and O–H groups in total. The number of rotatable bonds is 4.